The van der Waals surface area contributed by atoms with Crippen molar-refractivity contribution in [1.29, 1.82) is 0 Å². The SMILES string of the molecule is C=CCn1c(CNc2ccccc2)nnc1S[C@H](C)C(=O)N/N=C/c1cc(Br)ccc1O. The first kappa shape index (κ1) is 23.6. The van der Waals surface area contributed by atoms with Crippen molar-refractivity contribution in [1.82, 2.24) is 20.2 Å². The number of phenolic OH excluding ortho intramolecular Hbond substituents is 1. The summed E-state index contributed by atoms with van der Waals surface area (Å²) in [5, 5.41) is 25.8. The summed E-state index contributed by atoms with van der Waals surface area (Å²) in [6, 6.07) is 14.8. The highest BCUT2D eigenvalue weighted by Crippen LogP contribution is 2.23. The van der Waals surface area contributed by atoms with Gasteiger partial charge in [-0.25, -0.2) is 5.43 Å². The minimum atomic E-state index is -0.467. The number of para-hydroxylation sites is 1. The Morgan fingerprint density at radius 1 is 1.31 bits per heavy atom. The highest BCUT2D eigenvalue weighted by atomic mass is 79.9. The number of halogens is 1. The number of allylic oxidation sites excluding steroid dienone is 1. The van der Waals surface area contributed by atoms with Gasteiger partial charge in [0.25, 0.3) is 5.91 Å². The molecule has 1 heterocycles. The first-order valence-electron chi connectivity index (χ1n) is 9.78. The highest BCUT2D eigenvalue weighted by molar-refractivity contribution is 9.10. The third-order valence-electron chi connectivity index (χ3n) is 4.35. The molecule has 0 aliphatic rings. The van der Waals surface area contributed by atoms with Crippen molar-refractivity contribution in [3.05, 3.63) is 77.0 Å². The van der Waals surface area contributed by atoms with Crippen molar-refractivity contribution < 1.29 is 9.90 Å². The Bertz CT molecular complexity index is 1100. The van der Waals surface area contributed by atoms with Crippen LogP contribution in [0, 0.1) is 0 Å². The lowest BCUT2D eigenvalue weighted by atomic mass is 10.2. The fourth-order valence-electron chi connectivity index (χ4n) is 2.68. The zero-order valence-corrected chi connectivity index (χ0v) is 19.8. The first-order valence-corrected chi connectivity index (χ1v) is 11.4. The molecule has 1 aromatic heterocycles. The number of hydrogen-bond acceptors (Lipinski definition) is 7. The molecule has 0 radical (unpaired) electrons. The topological polar surface area (TPSA) is 104 Å². The normalized spacial score (nSPS) is 11.9. The molecule has 0 saturated heterocycles. The monoisotopic (exact) mass is 514 g/mol. The lowest BCUT2D eigenvalue weighted by molar-refractivity contribution is -0.120. The van der Waals surface area contributed by atoms with Gasteiger partial charge in [-0.05, 0) is 37.3 Å². The molecule has 1 atom stereocenters. The van der Waals surface area contributed by atoms with E-state index >= 15 is 0 Å². The van der Waals surface area contributed by atoms with E-state index in [-0.39, 0.29) is 11.7 Å². The van der Waals surface area contributed by atoms with Crippen LogP contribution in [0.2, 0.25) is 0 Å². The smallest absolute Gasteiger partial charge is 0.253 e. The van der Waals surface area contributed by atoms with Crippen molar-refractivity contribution in [2.75, 3.05) is 5.32 Å². The van der Waals surface area contributed by atoms with E-state index < -0.39 is 5.25 Å². The van der Waals surface area contributed by atoms with Crippen LogP contribution < -0.4 is 10.7 Å². The number of benzene rings is 2. The van der Waals surface area contributed by atoms with Crippen molar-refractivity contribution >= 4 is 45.5 Å². The Kier molecular flexibility index (Phi) is 8.46. The number of amides is 1. The maximum absolute atomic E-state index is 12.5. The minimum absolute atomic E-state index is 0.0720. The molecule has 8 nitrogen and oxygen atoms in total. The third kappa shape index (κ3) is 6.44. The summed E-state index contributed by atoms with van der Waals surface area (Å²) in [7, 11) is 0. The van der Waals surface area contributed by atoms with Crippen LogP contribution in [0.5, 0.6) is 5.75 Å². The maximum Gasteiger partial charge on any atom is 0.253 e. The van der Waals surface area contributed by atoms with Gasteiger partial charge in [0.1, 0.15) is 5.75 Å². The number of thioether (sulfide) groups is 1. The van der Waals surface area contributed by atoms with Crippen molar-refractivity contribution in [3.63, 3.8) is 0 Å². The van der Waals surface area contributed by atoms with Crippen LogP contribution in [-0.2, 0) is 17.9 Å². The number of rotatable bonds is 10. The second kappa shape index (κ2) is 11.5. The number of anilines is 1. The molecule has 1 amide bonds. The Morgan fingerprint density at radius 2 is 2.09 bits per heavy atom. The summed E-state index contributed by atoms with van der Waals surface area (Å²) in [4.78, 5) is 12.5. The van der Waals surface area contributed by atoms with Crippen LogP contribution in [0.3, 0.4) is 0 Å². The number of nitrogens with one attached hydrogen (secondary N) is 2. The summed E-state index contributed by atoms with van der Waals surface area (Å²) in [6.07, 6.45) is 3.15. The maximum atomic E-state index is 12.5. The average Bonchev–Trinajstić information content (AvgIpc) is 3.16. The number of aromatic hydroxyl groups is 1. The van der Waals surface area contributed by atoms with E-state index in [1.165, 1.54) is 18.0 Å². The van der Waals surface area contributed by atoms with Crippen LogP contribution in [0.4, 0.5) is 5.69 Å². The van der Waals surface area contributed by atoms with Gasteiger partial charge in [0.15, 0.2) is 11.0 Å². The molecule has 0 aliphatic carbocycles. The number of nitrogens with zero attached hydrogens (tertiary/aromatic N) is 4. The standard InChI is InChI=1S/C22H23BrN6O2S/c1-3-11-29-20(14-24-18-7-5-4-6-8-18)26-28-22(29)32-15(2)21(31)27-25-13-16-12-17(23)9-10-19(16)30/h3-10,12-13,15,24,30H,1,11,14H2,2H3,(H,27,31)/b25-13+/t15-/m1/s1. The van der Waals surface area contributed by atoms with Gasteiger partial charge in [0.05, 0.1) is 18.0 Å². The Hall–Kier alpha value is -3.11. The molecule has 3 N–H and O–H groups in total. The van der Waals surface area contributed by atoms with Crippen LogP contribution >= 0.6 is 27.7 Å². The average molecular weight is 515 g/mol. The summed E-state index contributed by atoms with van der Waals surface area (Å²) in [6.45, 7) is 6.59. The molecule has 0 aliphatic heterocycles. The Labute approximate surface area is 199 Å². The molecule has 166 valence electrons. The predicted octanol–water partition coefficient (Wildman–Crippen LogP) is 4.18. The molecular weight excluding hydrogens is 492 g/mol. The number of hydrogen-bond donors (Lipinski definition) is 3. The number of carbonyl (C=O) groups excluding carboxylic acids is 1. The molecular formula is C22H23BrN6O2S. The second-order valence-corrected chi connectivity index (χ2v) is 8.94. The van der Waals surface area contributed by atoms with Gasteiger partial charge in [-0.2, -0.15) is 5.10 Å². The van der Waals surface area contributed by atoms with Crippen molar-refractivity contribution in [2.24, 2.45) is 5.10 Å². The number of hydrazone groups is 1. The van der Waals surface area contributed by atoms with E-state index in [1.54, 1.807) is 31.2 Å². The number of carbonyl (C=O) groups is 1. The number of aromatic nitrogens is 3. The van der Waals surface area contributed by atoms with E-state index in [2.05, 4.69) is 48.6 Å². The molecule has 0 unspecified atom stereocenters. The zero-order chi connectivity index (χ0) is 22.9. The van der Waals surface area contributed by atoms with E-state index in [9.17, 15) is 9.90 Å². The van der Waals surface area contributed by atoms with Crippen LogP contribution in [0.25, 0.3) is 0 Å². The molecule has 0 bridgehead atoms. The van der Waals surface area contributed by atoms with Gasteiger partial charge in [-0.15, -0.1) is 16.8 Å². The van der Waals surface area contributed by atoms with Crippen LogP contribution in [-0.4, -0.2) is 37.2 Å². The van der Waals surface area contributed by atoms with E-state index in [0.29, 0.717) is 23.8 Å². The molecule has 32 heavy (non-hydrogen) atoms. The predicted molar refractivity (Wildman–Crippen MR) is 131 cm³/mol. The van der Waals surface area contributed by atoms with Crippen molar-refractivity contribution in [2.45, 2.75) is 30.4 Å². The molecule has 3 rings (SSSR count). The van der Waals surface area contributed by atoms with Crippen LogP contribution in [0.15, 0.2) is 75.9 Å². The van der Waals surface area contributed by atoms with Gasteiger partial charge >= 0.3 is 0 Å². The Morgan fingerprint density at radius 3 is 2.84 bits per heavy atom. The number of phenols is 1. The lowest BCUT2D eigenvalue weighted by Gasteiger charge is -2.12. The first-order chi connectivity index (χ1) is 15.5. The summed E-state index contributed by atoms with van der Waals surface area (Å²) >= 11 is 4.62. The molecule has 0 fully saturated rings. The lowest BCUT2D eigenvalue weighted by Crippen LogP contribution is -2.27. The third-order valence-corrected chi connectivity index (χ3v) is 5.92. The summed E-state index contributed by atoms with van der Waals surface area (Å²) in [5.41, 5.74) is 3.97. The van der Waals surface area contributed by atoms with Gasteiger partial charge in [-0.3, -0.25) is 4.79 Å². The summed E-state index contributed by atoms with van der Waals surface area (Å²) < 4.78 is 2.71. The van der Waals surface area contributed by atoms with E-state index in [4.69, 9.17) is 0 Å². The van der Waals surface area contributed by atoms with Gasteiger partial charge in [0.2, 0.25) is 0 Å². The van der Waals surface area contributed by atoms with Gasteiger partial charge in [0, 0.05) is 22.3 Å². The molecule has 2 aromatic carbocycles. The van der Waals surface area contributed by atoms with Crippen LogP contribution in [0.1, 0.15) is 18.3 Å². The minimum Gasteiger partial charge on any atom is -0.507 e. The van der Waals surface area contributed by atoms with E-state index in [1.807, 2.05) is 34.9 Å². The molecule has 3 aromatic rings. The second-order valence-electron chi connectivity index (χ2n) is 6.72. The van der Waals surface area contributed by atoms with Gasteiger partial charge in [-0.1, -0.05) is 52.0 Å². The van der Waals surface area contributed by atoms with E-state index in [0.717, 1.165) is 16.0 Å². The Balaban J connectivity index is 1.61. The fourth-order valence-corrected chi connectivity index (χ4v) is 3.93. The fraction of sp³-hybridized carbons (Fsp3) is 0.182. The molecule has 0 spiro atoms. The summed E-state index contributed by atoms with van der Waals surface area (Å²) in [5.74, 6) is 0.521. The molecule has 10 heteroatoms. The zero-order valence-electron chi connectivity index (χ0n) is 17.4. The van der Waals surface area contributed by atoms with Gasteiger partial charge < -0.3 is 15.0 Å². The largest absolute Gasteiger partial charge is 0.507 e. The molecule has 0 saturated carbocycles. The highest BCUT2D eigenvalue weighted by Gasteiger charge is 2.19. The van der Waals surface area contributed by atoms with Crippen molar-refractivity contribution in [3.8, 4) is 5.75 Å². The quantitative estimate of drug-likeness (QED) is 0.162.